The number of thioether (sulfide) groups is 1. The van der Waals surface area contributed by atoms with Gasteiger partial charge in [0.15, 0.2) is 0 Å². The molecule has 5 heteroatoms. The molecule has 2 amide bonds. The van der Waals surface area contributed by atoms with E-state index in [0.29, 0.717) is 6.54 Å². The van der Waals surface area contributed by atoms with E-state index < -0.39 is 0 Å². The second-order valence-electron chi connectivity index (χ2n) is 4.91. The highest BCUT2D eigenvalue weighted by Crippen LogP contribution is 2.12. The number of aryl methyl sites for hydroxylation is 1. The number of amides is 2. The average Bonchev–Trinajstić information content (AvgIpc) is 2.98. The van der Waals surface area contributed by atoms with Crippen LogP contribution in [-0.4, -0.2) is 37.3 Å². The second kappa shape index (κ2) is 8.17. The number of rotatable bonds is 6. The van der Waals surface area contributed by atoms with Crippen LogP contribution in [0.2, 0.25) is 0 Å². The molecule has 0 aromatic heterocycles. The Kier molecular flexibility index (Phi) is 6.21. The zero-order valence-corrected chi connectivity index (χ0v) is 12.7. The van der Waals surface area contributed by atoms with Crippen LogP contribution < -0.4 is 10.6 Å². The van der Waals surface area contributed by atoms with Crippen LogP contribution in [0.1, 0.15) is 18.4 Å². The molecular weight excluding hydrogens is 272 g/mol. The predicted octanol–water partition coefficient (Wildman–Crippen LogP) is 2.89. The Balaban J connectivity index is 1.72. The van der Waals surface area contributed by atoms with Crippen LogP contribution in [0.3, 0.4) is 0 Å². The van der Waals surface area contributed by atoms with Crippen LogP contribution in [0.25, 0.3) is 0 Å². The van der Waals surface area contributed by atoms with E-state index in [4.69, 9.17) is 4.74 Å². The standard InChI is InChI=1S/C15H22N2O2S/c1-20-10-8-12-4-6-13(7-5-12)17-15(18)16-11-14-3-2-9-19-14/h4-7,14H,2-3,8-11H2,1H3,(H2,16,17,18). The number of benzene rings is 1. The van der Waals surface area contributed by atoms with E-state index in [2.05, 4.69) is 29.0 Å². The SMILES string of the molecule is CSCCc1ccc(NC(=O)NCC2CCCO2)cc1. The first-order valence-corrected chi connectivity index (χ1v) is 8.41. The van der Waals surface area contributed by atoms with E-state index >= 15 is 0 Å². The van der Waals surface area contributed by atoms with Gasteiger partial charge in [-0.15, -0.1) is 0 Å². The number of carbonyl (C=O) groups excluding carboxylic acids is 1. The van der Waals surface area contributed by atoms with E-state index in [-0.39, 0.29) is 12.1 Å². The normalized spacial score (nSPS) is 17.9. The summed E-state index contributed by atoms with van der Waals surface area (Å²) in [6, 6.07) is 7.85. The maximum absolute atomic E-state index is 11.7. The van der Waals surface area contributed by atoms with Crippen molar-refractivity contribution in [2.45, 2.75) is 25.4 Å². The van der Waals surface area contributed by atoms with Gasteiger partial charge in [-0.25, -0.2) is 4.79 Å². The molecule has 1 aromatic rings. The van der Waals surface area contributed by atoms with Crippen LogP contribution in [0, 0.1) is 0 Å². The van der Waals surface area contributed by atoms with E-state index in [9.17, 15) is 4.79 Å². The first-order chi connectivity index (χ1) is 9.78. The topological polar surface area (TPSA) is 50.4 Å². The summed E-state index contributed by atoms with van der Waals surface area (Å²) < 4.78 is 5.46. The molecule has 4 nitrogen and oxygen atoms in total. The second-order valence-corrected chi connectivity index (χ2v) is 5.90. The molecule has 1 fully saturated rings. The average molecular weight is 294 g/mol. The Bertz CT molecular complexity index is 416. The maximum Gasteiger partial charge on any atom is 0.319 e. The number of anilines is 1. The number of ether oxygens (including phenoxy) is 1. The fraction of sp³-hybridized carbons (Fsp3) is 0.533. The minimum absolute atomic E-state index is 0.169. The Morgan fingerprint density at radius 1 is 1.40 bits per heavy atom. The fourth-order valence-corrected chi connectivity index (χ4v) is 2.60. The van der Waals surface area contributed by atoms with Gasteiger partial charge in [-0.05, 0) is 49.0 Å². The Hall–Kier alpha value is -1.20. The number of carbonyl (C=O) groups is 1. The van der Waals surface area contributed by atoms with Crippen LogP contribution in [-0.2, 0) is 11.2 Å². The van der Waals surface area contributed by atoms with Gasteiger partial charge in [0.25, 0.3) is 0 Å². The highest BCUT2D eigenvalue weighted by Gasteiger charge is 2.15. The number of urea groups is 1. The molecule has 0 aliphatic carbocycles. The molecule has 0 bridgehead atoms. The Morgan fingerprint density at radius 3 is 2.85 bits per heavy atom. The minimum atomic E-state index is -0.169. The summed E-state index contributed by atoms with van der Waals surface area (Å²) in [6.45, 7) is 1.39. The lowest BCUT2D eigenvalue weighted by atomic mass is 10.1. The van der Waals surface area contributed by atoms with Crippen molar-refractivity contribution in [3.8, 4) is 0 Å². The molecule has 20 heavy (non-hydrogen) atoms. The van der Waals surface area contributed by atoms with Gasteiger partial charge in [-0.2, -0.15) is 11.8 Å². The van der Waals surface area contributed by atoms with Gasteiger partial charge in [0.2, 0.25) is 0 Å². The molecule has 110 valence electrons. The van der Waals surface area contributed by atoms with Gasteiger partial charge in [0, 0.05) is 18.8 Å². The van der Waals surface area contributed by atoms with Crippen molar-refractivity contribution < 1.29 is 9.53 Å². The van der Waals surface area contributed by atoms with E-state index in [1.807, 2.05) is 23.9 Å². The first kappa shape index (κ1) is 15.2. The highest BCUT2D eigenvalue weighted by molar-refractivity contribution is 7.98. The van der Waals surface area contributed by atoms with Gasteiger partial charge in [0.05, 0.1) is 6.10 Å². The fourth-order valence-electron chi connectivity index (χ4n) is 2.16. The van der Waals surface area contributed by atoms with Crippen molar-refractivity contribution in [3.63, 3.8) is 0 Å². The van der Waals surface area contributed by atoms with Crippen molar-refractivity contribution in [2.24, 2.45) is 0 Å². The molecule has 1 unspecified atom stereocenters. The predicted molar refractivity (Wildman–Crippen MR) is 84.5 cm³/mol. The van der Waals surface area contributed by atoms with Crippen molar-refractivity contribution >= 4 is 23.5 Å². The molecular formula is C15H22N2O2S. The third kappa shape index (κ3) is 5.06. The number of nitrogens with one attached hydrogen (secondary N) is 2. The highest BCUT2D eigenvalue weighted by atomic mass is 32.2. The van der Waals surface area contributed by atoms with E-state index in [0.717, 1.165) is 37.3 Å². The molecule has 1 saturated heterocycles. The van der Waals surface area contributed by atoms with Crippen LogP contribution in [0.5, 0.6) is 0 Å². The molecule has 0 radical (unpaired) electrons. The lowest BCUT2D eigenvalue weighted by molar-refractivity contribution is 0.112. The van der Waals surface area contributed by atoms with Crippen molar-refractivity contribution in [1.29, 1.82) is 0 Å². The monoisotopic (exact) mass is 294 g/mol. The summed E-state index contributed by atoms with van der Waals surface area (Å²) in [5, 5.41) is 5.68. The smallest absolute Gasteiger partial charge is 0.319 e. The molecule has 1 aliphatic rings. The largest absolute Gasteiger partial charge is 0.376 e. The molecule has 1 atom stereocenters. The Labute approximate surface area is 124 Å². The molecule has 2 N–H and O–H groups in total. The van der Waals surface area contributed by atoms with Gasteiger partial charge >= 0.3 is 6.03 Å². The zero-order chi connectivity index (χ0) is 14.2. The molecule has 1 aromatic carbocycles. The van der Waals surface area contributed by atoms with Crippen LogP contribution in [0.4, 0.5) is 10.5 Å². The summed E-state index contributed by atoms with van der Waals surface area (Å²) >= 11 is 1.84. The van der Waals surface area contributed by atoms with Gasteiger partial charge in [-0.3, -0.25) is 0 Å². The van der Waals surface area contributed by atoms with Crippen molar-refractivity contribution in [3.05, 3.63) is 29.8 Å². The molecule has 2 rings (SSSR count). The van der Waals surface area contributed by atoms with Gasteiger partial charge in [0.1, 0.15) is 0 Å². The van der Waals surface area contributed by atoms with Crippen LogP contribution >= 0.6 is 11.8 Å². The summed E-state index contributed by atoms with van der Waals surface area (Å²) in [5.74, 6) is 1.12. The first-order valence-electron chi connectivity index (χ1n) is 7.02. The van der Waals surface area contributed by atoms with Gasteiger partial charge < -0.3 is 15.4 Å². The number of hydrogen-bond donors (Lipinski definition) is 2. The molecule has 1 aliphatic heterocycles. The Morgan fingerprint density at radius 2 is 2.20 bits per heavy atom. The van der Waals surface area contributed by atoms with E-state index in [1.54, 1.807) is 0 Å². The summed E-state index contributed by atoms with van der Waals surface area (Å²) in [7, 11) is 0. The summed E-state index contributed by atoms with van der Waals surface area (Å²) in [5.41, 5.74) is 2.12. The molecule has 0 saturated carbocycles. The van der Waals surface area contributed by atoms with Crippen molar-refractivity contribution in [2.75, 3.05) is 30.5 Å². The molecule has 1 heterocycles. The lowest BCUT2D eigenvalue weighted by Gasteiger charge is -2.12. The third-order valence-corrected chi connectivity index (χ3v) is 3.93. The maximum atomic E-state index is 11.7. The zero-order valence-electron chi connectivity index (χ0n) is 11.9. The van der Waals surface area contributed by atoms with Crippen molar-refractivity contribution in [1.82, 2.24) is 5.32 Å². The number of hydrogen-bond acceptors (Lipinski definition) is 3. The molecule has 0 spiro atoms. The summed E-state index contributed by atoms with van der Waals surface area (Å²) in [4.78, 5) is 11.7. The lowest BCUT2D eigenvalue weighted by Crippen LogP contribution is -2.35. The summed E-state index contributed by atoms with van der Waals surface area (Å²) in [6.07, 6.45) is 5.46. The van der Waals surface area contributed by atoms with Gasteiger partial charge in [-0.1, -0.05) is 12.1 Å². The minimum Gasteiger partial charge on any atom is -0.376 e. The van der Waals surface area contributed by atoms with Crippen LogP contribution in [0.15, 0.2) is 24.3 Å². The third-order valence-electron chi connectivity index (χ3n) is 3.32. The quantitative estimate of drug-likeness (QED) is 0.848. The van der Waals surface area contributed by atoms with E-state index in [1.165, 1.54) is 5.56 Å².